The molecule has 0 aromatic heterocycles. The first-order valence-electron chi connectivity index (χ1n) is 11.5. The maximum Gasteiger partial charge on any atom is 0.225 e. The summed E-state index contributed by atoms with van der Waals surface area (Å²) in [6.07, 6.45) is 9.22. The molecule has 1 aliphatic heterocycles. The maximum atomic E-state index is 12.8. The number of carbonyl (C=O) groups is 1. The first-order chi connectivity index (χ1) is 14.6. The average molecular weight is 540 g/mol. The Bertz CT molecular complexity index is 757. The summed E-state index contributed by atoms with van der Waals surface area (Å²) in [7, 11) is 3.52. The molecule has 1 atom stereocenters. The zero-order valence-electron chi connectivity index (χ0n) is 18.9. The Morgan fingerprint density at radius 2 is 1.87 bits per heavy atom. The minimum atomic E-state index is 0. The van der Waals surface area contributed by atoms with Gasteiger partial charge in [-0.15, -0.1) is 24.0 Å². The van der Waals surface area contributed by atoms with Gasteiger partial charge in [0.05, 0.1) is 7.11 Å². The van der Waals surface area contributed by atoms with E-state index in [2.05, 4.69) is 32.7 Å². The third kappa shape index (κ3) is 5.84. The van der Waals surface area contributed by atoms with Gasteiger partial charge < -0.3 is 20.3 Å². The summed E-state index contributed by atoms with van der Waals surface area (Å²) in [5.41, 5.74) is 1.55. The highest BCUT2D eigenvalue weighted by atomic mass is 127. The number of benzene rings is 1. The molecule has 2 N–H and O–H groups in total. The van der Waals surface area contributed by atoms with Crippen molar-refractivity contribution < 1.29 is 9.53 Å². The van der Waals surface area contributed by atoms with Crippen molar-refractivity contribution >= 4 is 35.8 Å². The first kappa shape index (κ1) is 24.1. The van der Waals surface area contributed by atoms with Crippen LogP contribution in [0.3, 0.4) is 0 Å². The molecule has 1 amide bonds. The van der Waals surface area contributed by atoms with E-state index in [0.29, 0.717) is 5.91 Å². The van der Waals surface area contributed by atoms with Crippen LogP contribution >= 0.6 is 24.0 Å². The normalized spacial score (nSPS) is 23.1. The number of ether oxygens (including phenoxy) is 1. The molecule has 0 bridgehead atoms. The Kier molecular flexibility index (Phi) is 8.47. The van der Waals surface area contributed by atoms with Crippen molar-refractivity contribution in [3.05, 3.63) is 29.8 Å². The third-order valence-corrected chi connectivity index (χ3v) is 7.17. The van der Waals surface area contributed by atoms with Gasteiger partial charge in [0.15, 0.2) is 5.96 Å². The molecule has 1 aromatic rings. The molecule has 31 heavy (non-hydrogen) atoms. The van der Waals surface area contributed by atoms with Gasteiger partial charge in [-0.25, -0.2) is 0 Å². The number of hydrogen-bond donors (Lipinski definition) is 2. The van der Waals surface area contributed by atoms with E-state index in [9.17, 15) is 4.79 Å². The number of rotatable bonds is 6. The smallest absolute Gasteiger partial charge is 0.225 e. The Morgan fingerprint density at radius 1 is 1.16 bits per heavy atom. The molecular weight excluding hydrogens is 503 g/mol. The van der Waals surface area contributed by atoms with Crippen LogP contribution in [-0.2, 0) is 10.2 Å². The predicted octanol–water partition coefficient (Wildman–Crippen LogP) is 3.69. The summed E-state index contributed by atoms with van der Waals surface area (Å²) in [5, 5.41) is 7.09. The van der Waals surface area contributed by atoms with Gasteiger partial charge in [0.25, 0.3) is 0 Å². The van der Waals surface area contributed by atoms with Gasteiger partial charge in [0.1, 0.15) is 5.75 Å². The standard InChI is InChI=1S/C24H36N4O2.HI/c1-25-23(26-17-24(13-14-24)19-8-10-21(30-2)11-9-19)27-20-12-15-28(16-20)22(29)18-6-4-3-5-7-18;/h8-11,18,20H,3-7,12-17H2,1-2H3,(H2,25,26,27);1H. The number of carbonyl (C=O) groups excluding carboxylic acids is 1. The monoisotopic (exact) mass is 540 g/mol. The molecule has 1 unspecified atom stereocenters. The number of nitrogens with zero attached hydrogens (tertiary/aromatic N) is 2. The van der Waals surface area contributed by atoms with Gasteiger partial charge in [-0.1, -0.05) is 31.4 Å². The Balaban J connectivity index is 0.00000272. The van der Waals surface area contributed by atoms with Gasteiger partial charge >= 0.3 is 0 Å². The number of methoxy groups -OCH3 is 1. The quantitative estimate of drug-likeness (QED) is 0.328. The lowest BCUT2D eigenvalue weighted by atomic mass is 9.88. The summed E-state index contributed by atoms with van der Waals surface area (Å²) in [6.45, 7) is 2.52. The second kappa shape index (κ2) is 10.9. The number of guanidine groups is 1. The van der Waals surface area contributed by atoms with Crippen LogP contribution in [0.2, 0.25) is 0 Å². The summed E-state index contributed by atoms with van der Waals surface area (Å²) >= 11 is 0. The van der Waals surface area contributed by atoms with Gasteiger partial charge in [0.2, 0.25) is 5.91 Å². The summed E-state index contributed by atoms with van der Waals surface area (Å²) in [5.74, 6) is 2.37. The highest BCUT2D eigenvalue weighted by Gasteiger charge is 2.44. The average Bonchev–Trinajstić information content (AvgIpc) is 3.46. The first-order valence-corrected chi connectivity index (χ1v) is 11.5. The van der Waals surface area contributed by atoms with Crippen molar-refractivity contribution in [3.63, 3.8) is 0 Å². The molecular formula is C24H37IN4O2. The van der Waals surface area contributed by atoms with Crippen molar-refractivity contribution in [3.8, 4) is 5.75 Å². The van der Waals surface area contributed by atoms with Crippen LogP contribution in [0, 0.1) is 5.92 Å². The number of likely N-dealkylation sites (tertiary alicyclic amines) is 1. The molecule has 2 saturated carbocycles. The number of amides is 1. The van der Waals surface area contributed by atoms with E-state index in [1.165, 1.54) is 37.7 Å². The Morgan fingerprint density at radius 3 is 2.48 bits per heavy atom. The molecule has 4 rings (SSSR count). The van der Waals surface area contributed by atoms with Crippen LogP contribution in [-0.4, -0.2) is 56.6 Å². The van der Waals surface area contributed by atoms with Crippen LogP contribution in [0.25, 0.3) is 0 Å². The largest absolute Gasteiger partial charge is 0.497 e. The van der Waals surface area contributed by atoms with E-state index in [1.54, 1.807) is 7.11 Å². The number of halogens is 1. The fourth-order valence-electron chi connectivity index (χ4n) is 4.99. The van der Waals surface area contributed by atoms with Crippen molar-refractivity contribution in [2.45, 2.75) is 62.8 Å². The van der Waals surface area contributed by atoms with E-state index in [4.69, 9.17) is 4.74 Å². The third-order valence-electron chi connectivity index (χ3n) is 7.17. The molecule has 7 heteroatoms. The van der Waals surface area contributed by atoms with Crippen LogP contribution in [0.1, 0.15) is 56.9 Å². The fraction of sp³-hybridized carbons (Fsp3) is 0.667. The lowest BCUT2D eigenvalue weighted by Gasteiger charge is -2.26. The van der Waals surface area contributed by atoms with Crippen LogP contribution < -0.4 is 15.4 Å². The molecule has 6 nitrogen and oxygen atoms in total. The van der Waals surface area contributed by atoms with Crippen LogP contribution in [0.5, 0.6) is 5.75 Å². The SMILES string of the molecule is CN=C(NCC1(c2ccc(OC)cc2)CC1)NC1CCN(C(=O)C2CCCCC2)C1.I. The van der Waals surface area contributed by atoms with Gasteiger partial charge in [-0.05, 0) is 49.8 Å². The molecule has 1 saturated heterocycles. The summed E-state index contributed by atoms with van der Waals surface area (Å²) in [4.78, 5) is 19.3. The van der Waals surface area contributed by atoms with Crippen LogP contribution in [0.15, 0.2) is 29.3 Å². The lowest BCUT2D eigenvalue weighted by molar-refractivity contribution is -0.135. The number of hydrogen-bond acceptors (Lipinski definition) is 3. The molecule has 1 heterocycles. The highest BCUT2D eigenvalue weighted by Crippen LogP contribution is 2.47. The topological polar surface area (TPSA) is 66.0 Å². The second-order valence-electron chi connectivity index (χ2n) is 9.18. The molecule has 2 aliphatic carbocycles. The van der Waals surface area contributed by atoms with Crippen molar-refractivity contribution in [2.24, 2.45) is 10.9 Å². The Hall–Kier alpha value is -1.51. The highest BCUT2D eigenvalue weighted by molar-refractivity contribution is 14.0. The van der Waals surface area contributed by atoms with Crippen LogP contribution in [0.4, 0.5) is 0 Å². The summed E-state index contributed by atoms with van der Waals surface area (Å²) < 4.78 is 5.28. The lowest BCUT2D eigenvalue weighted by Crippen LogP contribution is -2.47. The van der Waals surface area contributed by atoms with E-state index in [-0.39, 0.29) is 41.4 Å². The molecule has 1 aromatic carbocycles. The van der Waals surface area contributed by atoms with Gasteiger partial charge in [-0.3, -0.25) is 9.79 Å². The molecule has 3 fully saturated rings. The zero-order chi connectivity index (χ0) is 21.0. The van der Waals surface area contributed by atoms with Crippen molar-refractivity contribution in [1.29, 1.82) is 0 Å². The molecule has 0 radical (unpaired) electrons. The molecule has 172 valence electrons. The maximum absolute atomic E-state index is 12.8. The summed E-state index contributed by atoms with van der Waals surface area (Å²) in [6, 6.07) is 8.71. The molecule has 3 aliphatic rings. The number of aliphatic imine (C=N–C) groups is 1. The minimum Gasteiger partial charge on any atom is -0.497 e. The van der Waals surface area contributed by atoms with E-state index in [0.717, 1.165) is 50.6 Å². The number of nitrogens with one attached hydrogen (secondary N) is 2. The van der Waals surface area contributed by atoms with Crippen molar-refractivity contribution in [2.75, 3.05) is 33.8 Å². The van der Waals surface area contributed by atoms with E-state index in [1.807, 2.05) is 19.2 Å². The molecule has 0 spiro atoms. The zero-order valence-corrected chi connectivity index (χ0v) is 21.2. The fourth-order valence-corrected chi connectivity index (χ4v) is 4.99. The van der Waals surface area contributed by atoms with E-state index >= 15 is 0 Å². The predicted molar refractivity (Wildman–Crippen MR) is 135 cm³/mol. The van der Waals surface area contributed by atoms with Gasteiger partial charge in [0, 0.05) is 44.1 Å². The van der Waals surface area contributed by atoms with Gasteiger partial charge in [-0.2, -0.15) is 0 Å². The minimum absolute atomic E-state index is 0. The van der Waals surface area contributed by atoms with Crippen molar-refractivity contribution in [1.82, 2.24) is 15.5 Å². The van der Waals surface area contributed by atoms with E-state index < -0.39 is 0 Å². The Labute approximate surface area is 203 Å². The second-order valence-corrected chi connectivity index (χ2v) is 9.18.